The second-order valence-corrected chi connectivity index (χ2v) is 9.96. The van der Waals surface area contributed by atoms with Crippen LogP contribution in [0.25, 0.3) is 5.69 Å². The standard InChI is InChI=1S/C27H35N5OS/c1-4-20(2)23-15-9-10-16-24(23)28-25(33)19-34-27-30-29-26(21(3)31-17-11-6-12-18-31)32(27)22-13-7-5-8-14-22/h5,7-10,13-16,20-21H,4,6,11-12,17-19H2,1-3H3,(H,28,33)/t20-,21-/m0/s1. The van der Waals surface area contributed by atoms with Crippen molar-refractivity contribution in [3.8, 4) is 5.69 Å². The smallest absolute Gasteiger partial charge is 0.234 e. The first-order valence-corrected chi connectivity index (χ1v) is 13.3. The van der Waals surface area contributed by atoms with Gasteiger partial charge in [0, 0.05) is 11.4 Å². The quantitative estimate of drug-likeness (QED) is 0.380. The van der Waals surface area contributed by atoms with Crippen LogP contribution >= 0.6 is 11.8 Å². The minimum atomic E-state index is -0.0333. The monoisotopic (exact) mass is 477 g/mol. The third kappa shape index (κ3) is 5.70. The number of nitrogens with one attached hydrogen (secondary N) is 1. The van der Waals surface area contributed by atoms with Gasteiger partial charge in [-0.15, -0.1) is 10.2 Å². The molecule has 1 aliphatic heterocycles. The maximum atomic E-state index is 12.9. The first-order chi connectivity index (χ1) is 16.6. The molecule has 1 aromatic heterocycles. The lowest BCUT2D eigenvalue weighted by Gasteiger charge is -2.31. The van der Waals surface area contributed by atoms with Crippen molar-refractivity contribution in [2.24, 2.45) is 0 Å². The molecular formula is C27H35N5OS. The van der Waals surface area contributed by atoms with Crippen LogP contribution in [0.5, 0.6) is 0 Å². The van der Waals surface area contributed by atoms with E-state index in [1.807, 2.05) is 36.4 Å². The lowest BCUT2D eigenvalue weighted by atomic mass is 9.97. The van der Waals surface area contributed by atoms with Crippen molar-refractivity contribution in [2.75, 3.05) is 24.2 Å². The summed E-state index contributed by atoms with van der Waals surface area (Å²) in [6.07, 6.45) is 4.78. The number of rotatable bonds is 9. The van der Waals surface area contributed by atoms with Crippen LogP contribution in [-0.2, 0) is 4.79 Å². The van der Waals surface area contributed by atoms with Gasteiger partial charge in [-0.2, -0.15) is 0 Å². The molecule has 1 saturated heterocycles. The molecule has 0 unspecified atom stereocenters. The largest absolute Gasteiger partial charge is 0.325 e. The number of likely N-dealkylation sites (tertiary alicyclic amines) is 1. The Balaban J connectivity index is 1.52. The number of carbonyl (C=O) groups excluding carboxylic acids is 1. The molecule has 0 bridgehead atoms. The number of para-hydroxylation sites is 2. The normalized spacial score (nSPS) is 16.2. The first kappa shape index (κ1) is 24.5. The number of benzene rings is 2. The Morgan fingerprint density at radius 2 is 1.71 bits per heavy atom. The van der Waals surface area contributed by atoms with Crippen molar-refractivity contribution in [1.29, 1.82) is 0 Å². The zero-order valence-electron chi connectivity index (χ0n) is 20.4. The first-order valence-electron chi connectivity index (χ1n) is 12.3. The number of hydrogen-bond donors (Lipinski definition) is 1. The van der Waals surface area contributed by atoms with Crippen LogP contribution in [0.4, 0.5) is 5.69 Å². The van der Waals surface area contributed by atoms with Gasteiger partial charge < -0.3 is 5.32 Å². The van der Waals surface area contributed by atoms with Gasteiger partial charge >= 0.3 is 0 Å². The van der Waals surface area contributed by atoms with Crippen LogP contribution in [0, 0.1) is 0 Å². The molecule has 2 heterocycles. The molecular weight excluding hydrogens is 442 g/mol. The molecule has 0 saturated carbocycles. The number of nitrogens with zero attached hydrogens (tertiary/aromatic N) is 4. The number of piperidine rings is 1. The SMILES string of the molecule is CC[C@H](C)c1ccccc1NC(=O)CSc1nnc([C@H](C)N2CCCCC2)n1-c1ccccc1. The third-order valence-corrected chi connectivity index (χ3v) is 7.62. The summed E-state index contributed by atoms with van der Waals surface area (Å²) in [5.41, 5.74) is 3.09. The van der Waals surface area contributed by atoms with Crippen molar-refractivity contribution in [2.45, 2.75) is 63.6 Å². The highest BCUT2D eigenvalue weighted by Gasteiger charge is 2.25. The van der Waals surface area contributed by atoms with Crippen molar-refractivity contribution in [3.05, 3.63) is 66.0 Å². The topological polar surface area (TPSA) is 63.1 Å². The molecule has 1 amide bonds. The molecule has 0 aliphatic carbocycles. The van der Waals surface area contributed by atoms with E-state index in [4.69, 9.17) is 0 Å². The minimum Gasteiger partial charge on any atom is -0.325 e. The lowest BCUT2D eigenvalue weighted by molar-refractivity contribution is -0.113. The molecule has 34 heavy (non-hydrogen) atoms. The van der Waals surface area contributed by atoms with Gasteiger partial charge in [-0.05, 0) is 69.0 Å². The Labute approximate surface area is 207 Å². The van der Waals surface area contributed by atoms with E-state index in [0.717, 1.165) is 41.9 Å². The Kier molecular flexibility index (Phi) is 8.40. The summed E-state index contributed by atoms with van der Waals surface area (Å²) in [5, 5.41) is 13.0. The van der Waals surface area contributed by atoms with E-state index in [-0.39, 0.29) is 17.7 Å². The fourth-order valence-corrected chi connectivity index (χ4v) is 5.27. The summed E-state index contributed by atoms with van der Waals surface area (Å²) in [4.78, 5) is 15.4. The number of amides is 1. The van der Waals surface area contributed by atoms with E-state index in [1.165, 1.54) is 36.6 Å². The Hall–Kier alpha value is -2.64. The average molecular weight is 478 g/mol. The minimum absolute atomic E-state index is 0.0333. The van der Waals surface area contributed by atoms with Crippen LogP contribution in [0.3, 0.4) is 0 Å². The number of anilines is 1. The van der Waals surface area contributed by atoms with E-state index in [9.17, 15) is 4.79 Å². The van der Waals surface area contributed by atoms with Crippen LogP contribution < -0.4 is 5.32 Å². The van der Waals surface area contributed by atoms with Gasteiger partial charge in [0.1, 0.15) is 0 Å². The van der Waals surface area contributed by atoms with Gasteiger partial charge in [0.05, 0.1) is 11.8 Å². The molecule has 4 rings (SSSR count). The maximum Gasteiger partial charge on any atom is 0.234 e. The molecule has 1 fully saturated rings. The van der Waals surface area contributed by atoms with Crippen LogP contribution in [0.15, 0.2) is 59.8 Å². The summed E-state index contributed by atoms with van der Waals surface area (Å²) < 4.78 is 2.12. The van der Waals surface area contributed by atoms with Gasteiger partial charge in [-0.3, -0.25) is 14.3 Å². The second kappa shape index (κ2) is 11.7. The fourth-order valence-electron chi connectivity index (χ4n) is 4.51. The molecule has 0 spiro atoms. The van der Waals surface area contributed by atoms with Crippen molar-refractivity contribution < 1.29 is 4.79 Å². The van der Waals surface area contributed by atoms with Gasteiger partial charge in [0.2, 0.25) is 5.91 Å². The number of thioether (sulfide) groups is 1. The molecule has 2 aromatic carbocycles. The fraction of sp³-hybridized carbons (Fsp3) is 0.444. The summed E-state index contributed by atoms with van der Waals surface area (Å²) in [6, 6.07) is 18.4. The van der Waals surface area contributed by atoms with E-state index in [1.54, 1.807) is 0 Å². The number of carbonyl (C=O) groups is 1. The Bertz CT molecular complexity index is 1080. The van der Waals surface area contributed by atoms with Gasteiger partial charge in [-0.25, -0.2) is 0 Å². The van der Waals surface area contributed by atoms with Gasteiger partial charge in [0.15, 0.2) is 11.0 Å². The summed E-state index contributed by atoms with van der Waals surface area (Å²) in [7, 11) is 0. The summed E-state index contributed by atoms with van der Waals surface area (Å²) in [6.45, 7) is 8.74. The van der Waals surface area contributed by atoms with Gasteiger partial charge in [-0.1, -0.05) is 68.4 Å². The lowest BCUT2D eigenvalue weighted by Crippen LogP contribution is -2.33. The zero-order chi connectivity index (χ0) is 23.9. The Morgan fingerprint density at radius 3 is 2.44 bits per heavy atom. The predicted octanol–water partition coefficient (Wildman–Crippen LogP) is 6.06. The average Bonchev–Trinajstić information content (AvgIpc) is 3.32. The van der Waals surface area contributed by atoms with E-state index in [0.29, 0.717) is 5.92 Å². The van der Waals surface area contributed by atoms with Crippen LogP contribution in [0.1, 0.15) is 69.8 Å². The zero-order valence-corrected chi connectivity index (χ0v) is 21.2. The Morgan fingerprint density at radius 1 is 1.00 bits per heavy atom. The van der Waals surface area contributed by atoms with Crippen LogP contribution in [0.2, 0.25) is 0 Å². The van der Waals surface area contributed by atoms with Crippen molar-refractivity contribution in [1.82, 2.24) is 19.7 Å². The highest BCUT2D eigenvalue weighted by atomic mass is 32.2. The predicted molar refractivity (Wildman–Crippen MR) is 140 cm³/mol. The maximum absolute atomic E-state index is 12.9. The number of hydrogen-bond acceptors (Lipinski definition) is 5. The highest BCUT2D eigenvalue weighted by Crippen LogP contribution is 2.30. The molecule has 1 N–H and O–H groups in total. The number of aromatic nitrogens is 3. The highest BCUT2D eigenvalue weighted by molar-refractivity contribution is 7.99. The van der Waals surface area contributed by atoms with Crippen LogP contribution in [-0.4, -0.2) is 44.4 Å². The molecule has 1 aliphatic rings. The summed E-state index contributed by atoms with van der Waals surface area (Å²) >= 11 is 1.43. The van der Waals surface area contributed by atoms with E-state index in [2.05, 4.69) is 64.0 Å². The third-order valence-electron chi connectivity index (χ3n) is 6.70. The van der Waals surface area contributed by atoms with Crippen molar-refractivity contribution in [3.63, 3.8) is 0 Å². The molecule has 3 aromatic rings. The molecule has 2 atom stereocenters. The molecule has 0 radical (unpaired) electrons. The molecule has 7 heteroatoms. The van der Waals surface area contributed by atoms with E-state index >= 15 is 0 Å². The van der Waals surface area contributed by atoms with Gasteiger partial charge in [0.25, 0.3) is 0 Å². The second-order valence-electron chi connectivity index (χ2n) is 9.02. The molecule has 180 valence electrons. The van der Waals surface area contributed by atoms with E-state index < -0.39 is 0 Å². The van der Waals surface area contributed by atoms with Crippen molar-refractivity contribution >= 4 is 23.4 Å². The summed E-state index contributed by atoms with van der Waals surface area (Å²) in [5.74, 6) is 1.56. The molecule has 6 nitrogen and oxygen atoms in total.